The Kier molecular flexibility index (Phi) is 2.44. The lowest BCUT2D eigenvalue weighted by Gasteiger charge is -2.08. The van der Waals surface area contributed by atoms with Gasteiger partial charge in [-0.1, -0.05) is 12.1 Å². The SMILES string of the molecule is NCc1c2c(nn1-c1ccccc1F)CCC2. The maximum Gasteiger partial charge on any atom is 0.148 e. The van der Waals surface area contributed by atoms with E-state index in [9.17, 15) is 4.39 Å². The summed E-state index contributed by atoms with van der Waals surface area (Å²) in [6.07, 6.45) is 3.11. The summed E-state index contributed by atoms with van der Waals surface area (Å²) in [7, 11) is 0. The molecule has 0 saturated carbocycles. The minimum atomic E-state index is -0.261. The lowest BCUT2D eigenvalue weighted by Crippen LogP contribution is -2.10. The van der Waals surface area contributed by atoms with Gasteiger partial charge in [-0.05, 0) is 37.0 Å². The average Bonchev–Trinajstić information content (AvgIpc) is 2.89. The highest BCUT2D eigenvalue weighted by molar-refractivity contribution is 5.40. The number of hydrogen-bond acceptors (Lipinski definition) is 2. The van der Waals surface area contributed by atoms with Crippen LogP contribution in [0.15, 0.2) is 24.3 Å². The van der Waals surface area contributed by atoms with Crippen LogP contribution in [-0.4, -0.2) is 9.78 Å². The molecule has 0 aliphatic heterocycles. The molecular formula is C13H14FN3. The molecule has 4 heteroatoms. The van der Waals surface area contributed by atoms with Crippen LogP contribution < -0.4 is 5.73 Å². The van der Waals surface area contributed by atoms with Crippen molar-refractivity contribution in [1.29, 1.82) is 0 Å². The number of para-hydroxylation sites is 1. The van der Waals surface area contributed by atoms with E-state index in [-0.39, 0.29) is 5.82 Å². The summed E-state index contributed by atoms with van der Waals surface area (Å²) < 4.78 is 15.4. The first-order valence-corrected chi connectivity index (χ1v) is 5.86. The Morgan fingerprint density at radius 1 is 1.29 bits per heavy atom. The van der Waals surface area contributed by atoms with Crippen LogP contribution in [-0.2, 0) is 19.4 Å². The van der Waals surface area contributed by atoms with E-state index >= 15 is 0 Å². The van der Waals surface area contributed by atoms with Crippen LogP contribution in [0.25, 0.3) is 5.69 Å². The molecule has 0 saturated heterocycles. The minimum absolute atomic E-state index is 0.261. The van der Waals surface area contributed by atoms with Gasteiger partial charge in [0.1, 0.15) is 11.5 Å². The van der Waals surface area contributed by atoms with Gasteiger partial charge in [0.25, 0.3) is 0 Å². The van der Waals surface area contributed by atoms with E-state index in [1.54, 1.807) is 16.8 Å². The molecule has 2 aromatic rings. The predicted molar refractivity (Wildman–Crippen MR) is 63.4 cm³/mol. The second-order valence-corrected chi connectivity index (χ2v) is 4.29. The van der Waals surface area contributed by atoms with Gasteiger partial charge < -0.3 is 5.73 Å². The van der Waals surface area contributed by atoms with Crippen LogP contribution >= 0.6 is 0 Å². The van der Waals surface area contributed by atoms with Crippen molar-refractivity contribution < 1.29 is 4.39 Å². The molecular weight excluding hydrogens is 217 g/mol. The van der Waals surface area contributed by atoms with Crippen molar-refractivity contribution >= 4 is 0 Å². The van der Waals surface area contributed by atoms with E-state index in [1.165, 1.54) is 11.6 Å². The Morgan fingerprint density at radius 3 is 2.88 bits per heavy atom. The summed E-state index contributed by atoms with van der Waals surface area (Å²) in [6, 6.07) is 6.67. The molecule has 1 heterocycles. The third-order valence-corrected chi connectivity index (χ3v) is 3.29. The predicted octanol–water partition coefficient (Wildman–Crippen LogP) is 1.96. The molecule has 3 nitrogen and oxygen atoms in total. The second kappa shape index (κ2) is 3.96. The zero-order chi connectivity index (χ0) is 11.8. The average molecular weight is 231 g/mol. The Labute approximate surface area is 99.1 Å². The number of aryl methyl sites for hydroxylation is 1. The van der Waals surface area contributed by atoms with E-state index in [0.29, 0.717) is 12.2 Å². The molecule has 3 rings (SSSR count). The number of hydrogen-bond donors (Lipinski definition) is 1. The summed E-state index contributed by atoms with van der Waals surface area (Å²) >= 11 is 0. The van der Waals surface area contributed by atoms with Crippen LogP contribution in [0.4, 0.5) is 4.39 Å². The van der Waals surface area contributed by atoms with Crippen LogP contribution in [0.1, 0.15) is 23.4 Å². The molecule has 2 N–H and O–H groups in total. The molecule has 1 aromatic carbocycles. The first kappa shape index (κ1) is 10.5. The molecule has 0 fully saturated rings. The summed E-state index contributed by atoms with van der Waals surface area (Å²) in [5.74, 6) is -0.261. The lowest BCUT2D eigenvalue weighted by molar-refractivity contribution is 0.603. The van der Waals surface area contributed by atoms with Crippen LogP contribution in [0, 0.1) is 5.82 Å². The highest BCUT2D eigenvalue weighted by atomic mass is 19.1. The van der Waals surface area contributed by atoms with Crippen molar-refractivity contribution in [1.82, 2.24) is 9.78 Å². The normalized spacial score (nSPS) is 14.0. The fourth-order valence-electron chi connectivity index (χ4n) is 2.49. The molecule has 1 aliphatic carbocycles. The van der Waals surface area contributed by atoms with Gasteiger partial charge in [-0.3, -0.25) is 0 Å². The van der Waals surface area contributed by atoms with Gasteiger partial charge in [0.15, 0.2) is 0 Å². The van der Waals surface area contributed by atoms with Gasteiger partial charge in [-0.2, -0.15) is 5.10 Å². The van der Waals surface area contributed by atoms with Crippen molar-refractivity contribution in [3.63, 3.8) is 0 Å². The zero-order valence-corrected chi connectivity index (χ0v) is 9.49. The molecule has 88 valence electrons. The fourth-order valence-corrected chi connectivity index (χ4v) is 2.49. The quantitative estimate of drug-likeness (QED) is 0.858. The van der Waals surface area contributed by atoms with E-state index in [4.69, 9.17) is 5.73 Å². The van der Waals surface area contributed by atoms with E-state index in [0.717, 1.165) is 30.7 Å². The van der Waals surface area contributed by atoms with Crippen molar-refractivity contribution in [2.75, 3.05) is 0 Å². The van der Waals surface area contributed by atoms with Gasteiger partial charge >= 0.3 is 0 Å². The summed E-state index contributed by atoms with van der Waals surface area (Å²) in [4.78, 5) is 0. The number of halogens is 1. The number of nitrogens with zero attached hydrogens (tertiary/aromatic N) is 2. The van der Waals surface area contributed by atoms with E-state index < -0.39 is 0 Å². The highest BCUT2D eigenvalue weighted by Gasteiger charge is 2.22. The van der Waals surface area contributed by atoms with Gasteiger partial charge in [0.2, 0.25) is 0 Å². The number of fused-ring (bicyclic) bond motifs is 1. The maximum absolute atomic E-state index is 13.8. The van der Waals surface area contributed by atoms with Crippen LogP contribution in [0.2, 0.25) is 0 Å². The third kappa shape index (κ3) is 1.56. The topological polar surface area (TPSA) is 43.8 Å². The molecule has 0 radical (unpaired) electrons. The van der Waals surface area contributed by atoms with Gasteiger partial charge in [0, 0.05) is 6.54 Å². The first-order chi connectivity index (χ1) is 8.31. The summed E-state index contributed by atoms with van der Waals surface area (Å²) in [6.45, 7) is 0.399. The fraction of sp³-hybridized carbons (Fsp3) is 0.308. The molecule has 17 heavy (non-hydrogen) atoms. The van der Waals surface area contributed by atoms with Crippen molar-refractivity contribution in [2.45, 2.75) is 25.8 Å². The summed E-state index contributed by atoms with van der Waals surface area (Å²) in [5, 5.41) is 4.49. The lowest BCUT2D eigenvalue weighted by atomic mass is 10.2. The number of aromatic nitrogens is 2. The smallest absolute Gasteiger partial charge is 0.148 e. The minimum Gasteiger partial charge on any atom is -0.325 e. The van der Waals surface area contributed by atoms with E-state index in [1.807, 2.05) is 6.07 Å². The molecule has 0 amide bonds. The first-order valence-electron chi connectivity index (χ1n) is 5.86. The molecule has 1 aliphatic rings. The Bertz CT molecular complexity index is 560. The molecule has 0 bridgehead atoms. The van der Waals surface area contributed by atoms with E-state index in [2.05, 4.69) is 5.10 Å². The number of rotatable bonds is 2. The second-order valence-electron chi connectivity index (χ2n) is 4.29. The Morgan fingerprint density at radius 2 is 2.12 bits per heavy atom. The Hall–Kier alpha value is -1.68. The maximum atomic E-state index is 13.8. The zero-order valence-electron chi connectivity index (χ0n) is 9.49. The van der Waals surface area contributed by atoms with Crippen molar-refractivity contribution in [2.24, 2.45) is 5.73 Å². The number of nitrogens with two attached hydrogens (primary N) is 1. The molecule has 0 spiro atoms. The van der Waals surface area contributed by atoms with Crippen LogP contribution in [0.3, 0.4) is 0 Å². The van der Waals surface area contributed by atoms with Gasteiger partial charge in [-0.25, -0.2) is 9.07 Å². The highest BCUT2D eigenvalue weighted by Crippen LogP contribution is 2.27. The largest absolute Gasteiger partial charge is 0.325 e. The molecule has 0 atom stereocenters. The van der Waals surface area contributed by atoms with Gasteiger partial charge in [0.05, 0.1) is 11.4 Å². The summed E-state index contributed by atoms with van der Waals surface area (Å²) in [5.41, 5.74) is 9.50. The van der Waals surface area contributed by atoms with Crippen molar-refractivity contribution in [3.05, 3.63) is 47.0 Å². The standard InChI is InChI=1S/C13H14FN3/c14-10-5-1-2-7-12(10)17-13(8-15)9-4-3-6-11(9)16-17/h1-2,5,7H,3-4,6,8,15H2. The molecule has 1 aromatic heterocycles. The van der Waals surface area contributed by atoms with Crippen LogP contribution in [0.5, 0.6) is 0 Å². The molecule has 0 unspecified atom stereocenters. The monoisotopic (exact) mass is 231 g/mol. The Balaban J connectivity index is 2.19. The van der Waals surface area contributed by atoms with Crippen molar-refractivity contribution in [3.8, 4) is 5.69 Å². The van der Waals surface area contributed by atoms with Gasteiger partial charge in [-0.15, -0.1) is 0 Å². The number of benzene rings is 1. The third-order valence-electron chi connectivity index (χ3n) is 3.29.